The molecule has 0 aliphatic carbocycles. The third kappa shape index (κ3) is 4.77. The average molecular weight is 453 g/mol. The fourth-order valence-corrected chi connectivity index (χ4v) is 3.38. The zero-order valence-corrected chi connectivity index (χ0v) is 16.3. The van der Waals surface area contributed by atoms with Gasteiger partial charge in [0, 0.05) is 36.6 Å². The van der Waals surface area contributed by atoms with Gasteiger partial charge in [-0.05, 0) is 29.7 Å². The first-order valence-corrected chi connectivity index (χ1v) is 9.26. The van der Waals surface area contributed by atoms with E-state index in [0.29, 0.717) is 5.56 Å². The molecule has 0 radical (unpaired) electrons. The number of likely N-dealkylation sites (tertiary alicyclic amines) is 1. The van der Waals surface area contributed by atoms with Gasteiger partial charge in [-0.1, -0.05) is 6.07 Å². The van der Waals surface area contributed by atoms with E-state index in [1.54, 1.807) is 0 Å². The Kier molecular flexibility index (Phi) is 6.30. The maximum atomic E-state index is 12.7. The number of rotatable bonds is 5. The highest BCUT2D eigenvalue weighted by Gasteiger charge is 2.41. The Morgan fingerprint density at radius 2 is 1.84 bits per heavy atom. The highest BCUT2D eigenvalue weighted by Crippen LogP contribution is 2.28. The maximum absolute atomic E-state index is 12.7. The van der Waals surface area contributed by atoms with Gasteiger partial charge in [0.2, 0.25) is 17.6 Å². The monoisotopic (exact) mass is 453 g/mol. The van der Waals surface area contributed by atoms with Gasteiger partial charge in [-0.15, -0.1) is 0 Å². The van der Waals surface area contributed by atoms with Crippen LogP contribution in [0.25, 0.3) is 11.1 Å². The van der Waals surface area contributed by atoms with E-state index in [1.807, 2.05) is 0 Å². The number of carbonyl (C=O) groups is 3. The number of carboxylic acid groups (broad SMARTS) is 1. The number of hydrogen-bond acceptors (Lipinski definition) is 6. The minimum Gasteiger partial charge on any atom is -0.465 e. The van der Waals surface area contributed by atoms with Gasteiger partial charge in [0.15, 0.2) is 0 Å². The van der Waals surface area contributed by atoms with Crippen molar-refractivity contribution in [2.75, 3.05) is 6.54 Å². The van der Waals surface area contributed by atoms with Crippen LogP contribution in [-0.2, 0) is 17.5 Å². The number of nitrogens with one attached hydrogen (secondary N) is 1. The first kappa shape index (κ1) is 22.9. The number of aliphatic hydroxyl groups is 1. The normalized spacial score (nSPS) is 18.4. The summed E-state index contributed by atoms with van der Waals surface area (Å²) < 4.78 is 38.0. The molecule has 1 aromatic heterocycles. The Morgan fingerprint density at radius 1 is 1.19 bits per heavy atom. The Morgan fingerprint density at radius 3 is 2.41 bits per heavy atom. The minimum atomic E-state index is -4.70. The Labute approximate surface area is 178 Å². The number of halogens is 3. The number of benzene rings is 1. The van der Waals surface area contributed by atoms with E-state index < -0.39 is 42.1 Å². The van der Waals surface area contributed by atoms with Crippen LogP contribution in [0.5, 0.6) is 0 Å². The van der Waals surface area contributed by atoms with E-state index in [4.69, 9.17) is 5.73 Å². The molecule has 3 amide bonds. The van der Waals surface area contributed by atoms with Crippen LogP contribution in [0.4, 0.5) is 18.0 Å². The van der Waals surface area contributed by atoms with Crippen molar-refractivity contribution in [2.45, 2.75) is 31.3 Å². The van der Waals surface area contributed by atoms with Crippen molar-refractivity contribution in [1.82, 2.24) is 20.2 Å². The van der Waals surface area contributed by atoms with E-state index in [2.05, 4.69) is 15.3 Å². The molecule has 13 heteroatoms. The zero-order valence-electron chi connectivity index (χ0n) is 16.3. The van der Waals surface area contributed by atoms with Crippen molar-refractivity contribution in [1.29, 1.82) is 0 Å². The number of hydrogen-bond donors (Lipinski definition) is 4. The number of amides is 3. The molecule has 3 rings (SSSR count). The molecule has 1 fully saturated rings. The lowest BCUT2D eigenvalue weighted by Crippen LogP contribution is -2.49. The van der Waals surface area contributed by atoms with Gasteiger partial charge in [-0.3, -0.25) is 14.5 Å². The van der Waals surface area contributed by atoms with Crippen molar-refractivity contribution in [3.8, 4) is 11.1 Å². The van der Waals surface area contributed by atoms with Gasteiger partial charge in [0.25, 0.3) is 0 Å². The maximum Gasteiger partial charge on any atom is 0.451 e. The van der Waals surface area contributed by atoms with Crippen LogP contribution in [0.1, 0.15) is 28.2 Å². The van der Waals surface area contributed by atoms with Crippen molar-refractivity contribution in [3.63, 3.8) is 0 Å². The molecule has 170 valence electrons. The number of nitrogens with two attached hydrogens (primary N) is 1. The molecule has 1 saturated heterocycles. The molecular formula is C19H18F3N5O5. The van der Waals surface area contributed by atoms with Crippen molar-refractivity contribution < 1.29 is 37.8 Å². The Bertz CT molecular complexity index is 1040. The second-order valence-corrected chi connectivity index (χ2v) is 7.02. The molecule has 0 unspecified atom stereocenters. The SMILES string of the molecule is NC(=O)c1ccc(-c2cnc(C(F)(F)F)nc2)cc1CNC(=O)[C@H]1[C@H](O)CCN1C(=O)O. The summed E-state index contributed by atoms with van der Waals surface area (Å²) in [5, 5.41) is 21.6. The summed E-state index contributed by atoms with van der Waals surface area (Å²) >= 11 is 0. The van der Waals surface area contributed by atoms with E-state index in [1.165, 1.54) is 18.2 Å². The second-order valence-electron chi connectivity index (χ2n) is 7.02. The molecule has 10 nitrogen and oxygen atoms in total. The molecule has 0 bridgehead atoms. The molecule has 32 heavy (non-hydrogen) atoms. The number of nitrogens with zero attached hydrogens (tertiary/aromatic N) is 3. The van der Waals surface area contributed by atoms with Crippen LogP contribution in [-0.4, -0.2) is 61.7 Å². The largest absolute Gasteiger partial charge is 0.465 e. The molecule has 1 aromatic carbocycles. The van der Waals surface area contributed by atoms with Crippen molar-refractivity contribution in [2.24, 2.45) is 5.73 Å². The molecule has 5 N–H and O–H groups in total. The van der Waals surface area contributed by atoms with Gasteiger partial charge in [0.05, 0.1) is 6.10 Å². The molecule has 2 aromatic rings. The third-order valence-corrected chi connectivity index (χ3v) is 4.94. The quantitative estimate of drug-likeness (QED) is 0.525. The topological polar surface area (TPSA) is 159 Å². The molecule has 2 atom stereocenters. The summed E-state index contributed by atoms with van der Waals surface area (Å²) in [6, 6.07) is 2.89. The van der Waals surface area contributed by atoms with Gasteiger partial charge >= 0.3 is 12.3 Å². The summed E-state index contributed by atoms with van der Waals surface area (Å²) in [7, 11) is 0. The van der Waals surface area contributed by atoms with Crippen LogP contribution in [0, 0.1) is 0 Å². The molecule has 0 saturated carbocycles. The van der Waals surface area contributed by atoms with E-state index in [9.17, 15) is 37.8 Å². The first-order valence-electron chi connectivity index (χ1n) is 9.26. The predicted octanol–water partition coefficient (Wildman–Crippen LogP) is 0.991. The number of aromatic nitrogens is 2. The van der Waals surface area contributed by atoms with E-state index >= 15 is 0 Å². The lowest BCUT2D eigenvalue weighted by atomic mass is 10.00. The summed E-state index contributed by atoms with van der Waals surface area (Å²) in [6.07, 6.45) is -5.20. The predicted molar refractivity (Wildman–Crippen MR) is 102 cm³/mol. The van der Waals surface area contributed by atoms with E-state index in [0.717, 1.165) is 17.3 Å². The summed E-state index contributed by atoms with van der Waals surface area (Å²) in [6.45, 7) is -0.256. The van der Waals surface area contributed by atoms with Crippen LogP contribution in [0.3, 0.4) is 0 Å². The number of aliphatic hydroxyl groups excluding tert-OH is 1. The lowest BCUT2D eigenvalue weighted by molar-refractivity contribution is -0.145. The van der Waals surface area contributed by atoms with Crippen molar-refractivity contribution >= 4 is 17.9 Å². The smallest absolute Gasteiger partial charge is 0.451 e. The third-order valence-electron chi connectivity index (χ3n) is 4.94. The van der Waals surface area contributed by atoms with Crippen molar-refractivity contribution in [3.05, 3.63) is 47.5 Å². The molecule has 0 spiro atoms. The van der Waals surface area contributed by atoms with Crippen LogP contribution >= 0.6 is 0 Å². The van der Waals surface area contributed by atoms with Gasteiger partial charge in [0.1, 0.15) is 6.04 Å². The molecular weight excluding hydrogens is 435 g/mol. The first-order chi connectivity index (χ1) is 15.0. The number of carbonyl (C=O) groups excluding carboxylic acids is 2. The highest BCUT2D eigenvalue weighted by atomic mass is 19.4. The summed E-state index contributed by atoms with van der Waals surface area (Å²) in [5.41, 5.74) is 6.22. The van der Waals surface area contributed by atoms with Gasteiger partial charge in [-0.25, -0.2) is 14.8 Å². The zero-order chi connectivity index (χ0) is 23.6. The molecule has 2 heterocycles. The number of alkyl halides is 3. The second kappa shape index (κ2) is 8.78. The van der Waals surface area contributed by atoms with Crippen LogP contribution < -0.4 is 11.1 Å². The fraction of sp³-hybridized carbons (Fsp3) is 0.316. The molecule has 1 aliphatic rings. The van der Waals surface area contributed by atoms with Gasteiger partial charge in [-0.2, -0.15) is 13.2 Å². The Balaban J connectivity index is 1.83. The van der Waals surface area contributed by atoms with Crippen LogP contribution in [0.15, 0.2) is 30.6 Å². The minimum absolute atomic E-state index is 0.00940. The summed E-state index contributed by atoms with van der Waals surface area (Å²) in [4.78, 5) is 42.9. The fourth-order valence-electron chi connectivity index (χ4n) is 3.38. The Hall–Kier alpha value is -3.74. The highest BCUT2D eigenvalue weighted by molar-refractivity contribution is 5.95. The van der Waals surface area contributed by atoms with E-state index in [-0.39, 0.29) is 36.2 Å². The van der Waals surface area contributed by atoms with Gasteiger partial charge < -0.3 is 21.3 Å². The molecule has 1 aliphatic heterocycles. The lowest BCUT2D eigenvalue weighted by Gasteiger charge is -2.23. The number of primary amides is 1. The van der Waals surface area contributed by atoms with Crippen LogP contribution in [0.2, 0.25) is 0 Å². The average Bonchev–Trinajstić information content (AvgIpc) is 3.13. The standard InChI is InChI=1S/C19H18F3N5O5/c20-19(21,22)17-25-7-11(8-26-17)9-1-2-12(15(23)29)10(5-9)6-24-16(30)14-13(28)3-4-27(14)18(31)32/h1-2,5,7-8,13-14,28H,3-4,6H2,(H2,23,29)(H,24,30)(H,31,32)/t13-,14-/m1/s1. The summed E-state index contributed by atoms with van der Waals surface area (Å²) in [5.74, 6) is -2.88.